The van der Waals surface area contributed by atoms with Crippen molar-refractivity contribution in [2.24, 2.45) is 0 Å². The van der Waals surface area contributed by atoms with Crippen LogP contribution in [0.25, 0.3) is 0 Å². The molecular weight excluding hydrogens is 314 g/mol. The summed E-state index contributed by atoms with van der Waals surface area (Å²) in [6.07, 6.45) is 1.89. The number of carbonyl (C=O) groups is 2. The molecule has 5 nitrogen and oxygen atoms in total. The van der Waals surface area contributed by atoms with Gasteiger partial charge in [0.15, 0.2) is 6.61 Å². The van der Waals surface area contributed by atoms with Crippen LogP contribution in [0.15, 0.2) is 41.8 Å². The second-order valence-electron chi connectivity index (χ2n) is 4.87. The highest BCUT2D eigenvalue weighted by atomic mass is 32.1. The van der Waals surface area contributed by atoms with Crippen molar-refractivity contribution in [3.05, 3.63) is 46.7 Å². The van der Waals surface area contributed by atoms with Gasteiger partial charge in [-0.15, -0.1) is 11.3 Å². The number of benzene rings is 1. The van der Waals surface area contributed by atoms with Gasteiger partial charge in [-0.2, -0.15) is 0 Å². The number of aryl methyl sites for hydroxylation is 1. The number of rotatable bonds is 8. The summed E-state index contributed by atoms with van der Waals surface area (Å²) < 4.78 is 10.0. The summed E-state index contributed by atoms with van der Waals surface area (Å²) in [4.78, 5) is 24.6. The molecule has 0 saturated carbocycles. The maximum atomic E-state index is 11.7. The van der Waals surface area contributed by atoms with Crippen molar-refractivity contribution in [2.75, 3.05) is 19.0 Å². The van der Waals surface area contributed by atoms with Crippen LogP contribution in [0, 0.1) is 0 Å². The Morgan fingerprint density at radius 1 is 1.17 bits per heavy atom. The topological polar surface area (TPSA) is 64.6 Å². The Labute approximate surface area is 139 Å². The Hall–Kier alpha value is -2.34. The molecular formula is C17H19NO4S. The number of amides is 1. The lowest BCUT2D eigenvalue weighted by molar-refractivity contribution is -0.147. The Kier molecular flexibility index (Phi) is 6.62. The summed E-state index contributed by atoms with van der Waals surface area (Å²) in [5, 5.41) is 4.67. The van der Waals surface area contributed by atoms with Crippen molar-refractivity contribution in [3.8, 4) is 5.75 Å². The number of anilines is 1. The van der Waals surface area contributed by atoms with Crippen molar-refractivity contribution >= 4 is 28.9 Å². The molecule has 0 spiro atoms. The fraction of sp³-hybridized carbons (Fsp3) is 0.294. The fourth-order valence-corrected chi connectivity index (χ4v) is 2.70. The molecule has 1 heterocycles. The van der Waals surface area contributed by atoms with Crippen LogP contribution in [0.4, 0.5) is 5.69 Å². The minimum atomic E-state index is -0.359. The molecule has 0 atom stereocenters. The molecule has 0 bridgehead atoms. The van der Waals surface area contributed by atoms with Crippen LogP contribution in [-0.2, 0) is 20.7 Å². The first-order valence-corrected chi connectivity index (χ1v) is 8.17. The van der Waals surface area contributed by atoms with E-state index in [1.165, 1.54) is 4.88 Å². The average molecular weight is 333 g/mol. The second-order valence-corrected chi connectivity index (χ2v) is 5.90. The smallest absolute Gasteiger partial charge is 0.306 e. The van der Waals surface area contributed by atoms with E-state index in [4.69, 9.17) is 9.47 Å². The average Bonchev–Trinajstić information content (AvgIpc) is 3.07. The van der Waals surface area contributed by atoms with E-state index < -0.39 is 0 Å². The van der Waals surface area contributed by atoms with Gasteiger partial charge in [-0.1, -0.05) is 6.07 Å². The van der Waals surface area contributed by atoms with Crippen molar-refractivity contribution in [3.63, 3.8) is 0 Å². The Bertz CT molecular complexity index is 623. The zero-order chi connectivity index (χ0) is 16.5. The van der Waals surface area contributed by atoms with Gasteiger partial charge in [0.2, 0.25) is 0 Å². The molecule has 1 N–H and O–H groups in total. The van der Waals surface area contributed by atoms with Crippen LogP contribution in [0.2, 0.25) is 0 Å². The van der Waals surface area contributed by atoms with Crippen molar-refractivity contribution in [2.45, 2.75) is 19.3 Å². The largest absolute Gasteiger partial charge is 0.497 e. The van der Waals surface area contributed by atoms with Gasteiger partial charge in [-0.25, -0.2) is 0 Å². The zero-order valence-corrected chi connectivity index (χ0v) is 13.7. The number of ether oxygens (including phenoxy) is 2. The monoisotopic (exact) mass is 333 g/mol. The fourth-order valence-electron chi connectivity index (χ4n) is 1.95. The molecule has 0 fully saturated rings. The Balaban J connectivity index is 1.63. The predicted molar refractivity (Wildman–Crippen MR) is 89.8 cm³/mol. The Morgan fingerprint density at radius 2 is 1.96 bits per heavy atom. The van der Waals surface area contributed by atoms with Crippen LogP contribution < -0.4 is 10.1 Å². The third kappa shape index (κ3) is 6.12. The van der Waals surface area contributed by atoms with E-state index in [2.05, 4.69) is 5.32 Å². The maximum Gasteiger partial charge on any atom is 0.306 e. The van der Waals surface area contributed by atoms with Crippen molar-refractivity contribution < 1.29 is 19.1 Å². The number of carbonyl (C=O) groups excluding carboxylic acids is 2. The van der Waals surface area contributed by atoms with E-state index >= 15 is 0 Å². The second kappa shape index (κ2) is 8.95. The quantitative estimate of drug-likeness (QED) is 0.753. The summed E-state index contributed by atoms with van der Waals surface area (Å²) in [7, 11) is 1.57. The molecule has 1 amide bonds. The highest BCUT2D eigenvalue weighted by Gasteiger charge is 2.08. The molecule has 6 heteroatoms. The normalized spacial score (nSPS) is 10.1. The van der Waals surface area contributed by atoms with Crippen LogP contribution in [0.3, 0.4) is 0 Å². The van der Waals surface area contributed by atoms with E-state index in [0.717, 1.165) is 12.8 Å². The number of nitrogens with one attached hydrogen (secondary N) is 1. The van der Waals surface area contributed by atoms with E-state index in [1.807, 2.05) is 17.5 Å². The highest BCUT2D eigenvalue weighted by molar-refractivity contribution is 7.09. The van der Waals surface area contributed by atoms with Gasteiger partial charge < -0.3 is 14.8 Å². The van der Waals surface area contributed by atoms with Crippen LogP contribution in [0.5, 0.6) is 5.75 Å². The third-order valence-corrected chi connectivity index (χ3v) is 4.06. The van der Waals surface area contributed by atoms with Gasteiger partial charge >= 0.3 is 5.97 Å². The number of methoxy groups -OCH3 is 1. The minimum Gasteiger partial charge on any atom is -0.497 e. The first kappa shape index (κ1) is 17.0. The van der Waals surface area contributed by atoms with E-state index in [9.17, 15) is 9.59 Å². The molecule has 0 unspecified atom stereocenters. The van der Waals surface area contributed by atoms with Gasteiger partial charge in [-0.3, -0.25) is 9.59 Å². The maximum absolute atomic E-state index is 11.7. The summed E-state index contributed by atoms with van der Waals surface area (Å²) in [5.41, 5.74) is 0.629. The number of esters is 1. The molecule has 122 valence electrons. The highest BCUT2D eigenvalue weighted by Crippen LogP contribution is 2.15. The van der Waals surface area contributed by atoms with Crippen molar-refractivity contribution in [1.29, 1.82) is 0 Å². The van der Waals surface area contributed by atoms with E-state index in [1.54, 1.807) is 42.7 Å². The van der Waals surface area contributed by atoms with Crippen molar-refractivity contribution in [1.82, 2.24) is 0 Å². The van der Waals surface area contributed by atoms with Crippen LogP contribution in [-0.4, -0.2) is 25.6 Å². The van der Waals surface area contributed by atoms with Gasteiger partial charge in [0.05, 0.1) is 7.11 Å². The molecule has 0 aliphatic heterocycles. The molecule has 0 aliphatic rings. The molecule has 2 aromatic rings. The van der Waals surface area contributed by atoms with Gasteiger partial charge in [0.1, 0.15) is 5.75 Å². The molecule has 0 aliphatic carbocycles. The lowest BCUT2D eigenvalue weighted by Crippen LogP contribution is -2.20. The summed E-state index contributed by atoms with van der Waals surface area (Å²) in [5.74, 6) is -0.00613. The van der Waals surface area contributed by atoms with Crippen LogP contribution in [0.1, 0.15) is 17.7 Å². The minimum absolute atomic E-state index is 0.274. The molecule has 0 saturated heterocycles. The van der Waals surface area contributed by atoms with Crippen LogP contribution >= 0.6 is 11.3 Å². The summed E-state index contributed by atoms with van der Waals surface area (Å²) in [6, 6.07) is 11.0. The first-order chi connectivity index (χ1) is 11.2. The first-order valence-electron chi connectivity index (χ1n) is 7.29. The van der Waals surface area contributed by atoms with Gasteiger partial charge in [-0.05, 0) is 48.6 Å². The van der Waals surface area contributed by atoms with E-state index in [0.29, 0.717) is 17.9 Å². The molecule has 1 aromatic heterocycles. The Morgan fingerprint density at radius 3 is 2.61 bits per heavy atom. The number of hydrogen-bond donors (Lipinski definition) is 1. The standard InChI is InChI=1S/C17H19NO4S/c1-21-14-9-7-13(8-10-14)18-16(19)12-22-17(20)6-2-4-15-5-3-11-23-15/h3,5,7-11H,2,4,6,12H2,1H3,(H,18,19). The van der Waals surface area contributed by atoms with E-state index in [-0.39, 0.29) is 18.5 Å². The molecule has 1 aromatic carbocycles. The van der Waals surface area contributed by atoms with Gasteiger partial charge in [0, 0.05) is 17.0 Å². The van der Waals surface area contributed by atoms with Gasteiger partial charge in [0.25, 0.3) is 5.91 Å². The summed E-state index contributed by atoms with van der Waals surface area (Å²) in [6.45, 7) is -0.274. The SMILES string of the molecule is COc1ccc(NC(=O)COC(=O)CCCc2cccs2)cc1. The summed E-state index contributed by atoms with van der Waals surface area (Å²) >= 11 is 1.67. The zero-order valence-electron chi connectivity index (χ0n) is 12.9. The predicted octanol–water partition coefficient (Wildman–Crippen LogP) is 3.26. The number of thiophene rings is 1. The lowest BCUT2D eigenvalue weighted by Gasteiger charge is -2.07. The molecule has 0 radical (unpaired) electrons. The lowest BCUT2D eigenvalue weighted by atomic mass is 10.2. The molecule has 23 heavy (non-hydrogen) atoms. The molecule has 2 rings (SSSR count). The number of hydrogen-bond acceptors (Lipinski definition) is 5. The third-order valence-electron chi connectivity index (χ3n) is 3.12.